The van der Waals surface area contributed by atoms with E-state index in [9.17, 15) is 14.4 Å². The van der Waals surface area contributed by atoms with E-state index in [1.54, 1.807) is 37.3 Å². The Bertz CT molecular complexity index is 1140. The Kier molecular flexibility index (Phi) is 5.92. The van der Waals surface area contributed by atoms with Gasteiger partial charge >= 0.3 is 0 Å². The first-order valence-corrected chi connectivity index (χ1v) is 9.19. The van der Waals surface area contributed by atoms with Crippen molar-refractivity contribution in [3.63, 3.8) is 0 Å². The molecule has 3 aromatic rings. The molecule has 0 aliphatic heterocycles. The molecule has 0 radical (unpaired) electrons. The first-order valence-electron chi connectivity index (χ1n) is 9.19. The van der Waals surface area contributed by atoms with E-state index in [4.69, 9.17) is 4.74 Å². The molecular weight excluding hydrogens is 372 g/mol. The van der Waals surface area contributed by atoms with Crippen molar-refractivity contribution in [1.82, 2.24) is 20.6 Å². The van der Waals surface area contributed by atoms with Gasteiger partial charge in [-0.15, -0.1) is 0 Å². The molecule has 3 rings (SSSR count). The van der Waals surface area contributed by atoms with Crippen LogP contribution in [0.1, 0.15) is 28.5 Å². The van der Waals surface area contributed by atoms with Crippen molar-refractivity contribution in [3.8, 4) is 5.75 Å². The Morgan fingerprint density at radius 2 is 1.76 bits per heavy atom. The summed E-state index contributed by atoms with van der Waals surface area (Å²) in [7, 11) is 0. The maximum atomic E-state index is 12.6. The summed E-state index contributed by atoms with van der Waals surface area (Å²) >= 11 is 0. The molecule has 0 aliphatic rings. The van der Waals surface area contributed by atoms with E-state index in [-0.39, 0.29) is 17.9 Å². The van der Waals surface area contributed by atoms with Gasteiger partial charge in [-0.05, 0) is 50.1 Å². The predicted octanol–water partition coefficient (Wildman–Crippen LogP) is 1.87. The molecule has 1 aromatic heterocycles. The van der Waals surface area contributed by atoms with Crippen LogP contribution in [0.2, 0.25) is 0 Å². The molecule has 8 nitrogen and oxygen atoms in total. The van der Waals surface area contributed by atoms with Gasteiger partial charge in [0.15, 0.2) is 12.3 Å². The van der Waals surface area contributed by atoms with Crippen molar-refractivity contribution in [1.29, 1.82) is 0 Å². The summed E-state index contributed by atoms with van der Waals surface area (Å²) in [6.45, 7) is 5.76. The number of hydrogen-bond acceptors (Lipinski definition) is 5. The highest BCUT2D eigenvalue weighted by atomic mass is 16.5. The van der Waals surface area contributed by atoms with Crippen LogP contribution in [0, 0.1) is 13.8 Å². The number of ether oxygens (including phenoxy) is 1. The van der Waals surface area contributed by atoms with Crippen molar-refractivity contribution >= 4 is 22.6 Å². The maximum Gasteiger partial charge on any atom is 0.290 e. The second-order valence-corrected chi connectivity index (χ2v) is 6.55. The van der Waals surface area contributed by atoms with Gasteiger partial charge in [-0.1, -0.05) is 24.3 Å². The van der Waals surface area contributed by atoms with E-state index >= 15 is 0 Å². The Morgan fingerprint density at radius 3 is 2.45 bits per heavy atom. The summed E-state index contributed by atoms with van der Waals surface area (Å²) in [6.07, 6.45) is 0. The molecule has 0 bridgehead atoms. The number of hydrazine groups is 1. The van der Waals surface area contributed by atoms with Crippen molar-refractivity contribution in [2.45, 2.75) is 27.3 Å². The molecule has 29 heavy (non-hydrogen) atoms. The smallest absolute Gasteiger partial charge is 0.290 e. The second-order valence-electron chi connectivity index (χ2n) is 6.55. The zero-order chi connectivity index (χ0) is 21.0. The molecule has 2 N–H and O–H groups in total. The largest absolute Gasteiger partial charge is 0.484 e. The van der Waals surface area contributed by atoms with Crippen molar-refractivity contribution in [3.05, 3.63) is 69.6 Å². The van der Waals surface area contributed by atoms with Crippen LogP contribution in [0.15, 0.2) is 47.3 Å². The van der Waals surface area contributed by atoms with Gasteiger partial charge in [-0.2, -0.15) is 5.10 Å². The minimum atomic E-state index is -0.622. The number of rotatable bonds is 5. The molecule has 2 amide bonds. The van der Waals surface area contributed by atoms with Crippen LogP contribution in [-0.4, -0.2) is 28.2 Å². The lowest BCUT2D eigenvalue weighted by atomic mass is 10.1. The quantitative estimate of drug-likeness (QED) is 0.643. The van der Waals surface area contributed by atoms with E-state index in [0.717, 1.165) is 11.1 Å². The number of nitrogens with one attached hydrogen (secondary N) is 2. The van der Waals surface area contributed by atoms with E-state index < -0.39 is 11.8 Å². The van der Waals surface area contributed by atoms with Gasteiger partial charge in [0.05, 0.1) is 5.39 Å². The highest BCUT2D eigenvalue weighted by Crippen LogP contribution is 2.16. The van der Waals surface area contributed by atoms with E-state index in [0.29, 0.717) is 23.1 Å². The fraction of sp³-hybridized carbons (Fsp3) is 0.238. The molecule has 2 aromatic carbocycles. The molecule has 1 heterocycles. The zero-order valence-corrected chi connectivity index (χ0v) is 16.5. The van der Waals surface area contributed by atoms with E-state index in [2.05, 4.69) is 16.0 Å². The Morgan fingerprint density at radius 1 is 1.03 bits per heavy atom. The Labute approximate surface area is 167 Å². The third-order valence-electron chi connectivity index (χ3n) is 4.55. The Hall–Kier alpha value is -3.68. The first kappa shape index (κ1) is 20.1. The van der Waals surface area contributed by atoms with Gasteiger partial charge < -0.3 is 4.74 Å². The lowest BCUT2D eigenvalue weighted by Crippen LogP contribution is -2.44. The van der Waals surface area contributed by atoms with Crippen LogP contribution in [0.4, 0.5) is 0 Å². The van der Waals surface area contributed by atoms with Crippen molar-refractivity contribution in [2.75, 3.05) is 6.61 Å². The van der Waals surface area contributed by atoms with Gasteiger partial charge in [-0.3, -0.25) is 25.2 Å². The van der Waals surface area contributed by atoms with E-state index in [1.165, 1.54) is 4.68 Å². The minimum Gasteiger partial charge on any atom is -0.484 e. The minimum absolute atomic E-state index is 0.0532. The molecule has 0 saturated carbocycles. The SMILES string of the molecule is CCn1nc(C(=O)NNC(=O)COc2ccc(C)c(C)c2)c2ccccc2c1=O. The Balaban J connectivity index is 1.67. The lowest BCUT2D eigenvalue weighted by molar-refractivity contribution is -0.123. The van der Waals surface area contributed by atoms with Gasteiger partial charge in [0.2, 0.25) is 0 Å². The molecule has 0 fully saturated rings. The highest BCUT2D eigenvalue weighted by molar-refractivity contribution is 6.05. The van der Waals surface area contributed by atoms with Crippen LogP contribution >= 0.6 is 0 Å². The molecule has 0 unspecified atom stereocenters. The molecule has 0 aliphatic carbocycles. The summed E-state index contributed by atoms with van der Waals surface area (Å²) in [4.78, 5) is 36.9. The lowest BCUT2D eigenvalue weighted by Gasteiger charge is -2.11. The summed E-state index contributed by atoms with van der Waals surface area (Å²) in [5.74, 6) is -0.579. The first-order chi connectivity index (χ1) is 13.9. The fourth-order valence-electron chi connectivity index (χ4n) is 2.79. The fourth-order valence-corrected chi connectivity index (χ4v) is 2.79. The highest BCUT2D eigenvalue weighted by Gasteiger charge is 2.16. The van der Waals surface area contributed by atoms with Gasteiger partial charge in [0.25, 0.3) is 17.4 Å². The van der Waals surface area contributed by atoms with Gasteiger partial charge in [-0.25, -0.2) is 4.68 Å². The van der Waals surface area contributed by atoms with Crippen LogP contribution in [0.5, 0.6) is 5.75 Å². The van der Waals surface area contributed by atoms with Crippen LogP contribution in [0.25, 0.3) is 10.8 Å². The van der Waals surface area contributed by atoms with E-state index in [1.807, 2.05) is 26.0 Å². The van der Waals surface area contributed by atoms with Crippen molar-refractivity contribution in [2.24, 2.45) is 0 Å². The topological polar surface area (TPSA) is 102 Å². The number of fused-ring (bicyclic) bond motifs is 1. The maximum absolute atomic E-state index is 12.6. The number of carbonyl (C=O) groups is 2. The average Bonchev–Trinajstić information content (AvgIpc) is 2.73. The molecule has 150 valence electrons. The van der Waals surface area contributed by atoms with Crippen molar-refractivity contribution < 1.29 is 14.3 Å². The summed E-state index contributed by atoms with van der Waals surface area (Å²) < 4.78 is 6.65. The molecule has 8 heteroatoms. The third kappa shape index (κ3) is 4.43. The van der Waals surface area contributed by atoms with Gasteiger partial charge in [0, 0.05) is 11.9 Å². The van der Waals surface area contributed by atoms with Crippen LogP contribution in [-0.2, 0) is 11.3 Å². The van der Waals surface area contributed by atoms with Gasteiger partial charge in [0.1, 0.15) is 5.75 Å². The number of nitrogens with zero attached hydrogens (tertiary/aromatic N) is 2. The standard InChI is InChI=1S/C21H22N4O4/c1-4-25-21(28)17-8-6-5-7-16(17)19(24-25)20(27)23-22-18(26)12-29-15-10-9-13(2)14(3)11-15/h5-11H,4,12H2,1-3H3,(H,22,26)(H,23,27). The molecule has 0 atom stereocenters. The molecule has 0 spiro atoms. The average molecular weight is 394 g/mol. The number of amides is 2. The molecular formula is C21H22N4O4. The number of benzene rings is 2. The predicted molar refractivity (Wildman–Crippen MR) is 109 cm³/mol. The monoisotopic (exact) mass is 394 g/mol. The number of carbonyl (C=O) groups excluding carboxylic acids is 2. The van der Waals surface area contributed by atoms with Crippen LogP contribution < -0.4 is 21.1 Å². The summed E-state index contributed by atoms with van der Waals surface area (Å²) in [5.41, 5.74) is 6.59. The number of aryl methyl sites for hydroxylation is 3. The number of aromatic nitrogens is 2. The molecule has 0 saturated heterocycles. The second kappa shape index (κ2) is 8.55. The normalized spacial score (nSPS) is 10.6. The summed E-state index contributed by atoms with van der Waals surface area (Å²) in [6, 6.07) is 12.2. The zero-order valence-electron chi connectivity index (χ0n) is 16.5. The number of hydrogen-bond donors (Lipinski definition) is 2. The summed E-state index contributed by atoms with van der Waals surface area (Å²) in [5, 5.41) is 4.92. The van der Waals surface area contributed by atoms with Crippen LogP contribution in [0.3, 0.4) is 0 Å². The third-order valence-corrected chi connectivity index (χ3v) is 4.55.